The number of anilines is 1. The van der Waals surface area contributed by atoms with E-state index in [1.54, 1.807) is 19.2 Å². The third kappa shape index (κ3) is 5.35. The van der Waals surface area contributed by atoms with Gasteiger partial charge in [0.15, 0.2) is 6.79 Å². The number of amides is 1. The van der Waals surface area contributed by atoms with Gasteiger partial charge in [0.25, 0.3) is 0 Å². The fraction of sp³-hybridized carbons (Fsp3) is 0.174. The van der Waals surface area contributed by atoms with Gasteiger partial charge in [-0.05, 0) is 65.6 Å². The number of rotatable bonds is 7. The summed E-state index contributed by atoms with van der Waals surface area (Å²) in [5.74, 6) is 0.693. The van der Waals surface area contributed by atoms with Gasteiger partial charge in [0.2, 0.25) is 5.91 Å². The first kappa shape index (κ1) is 19.9. The lowest BCUT2D eigenvalue weighted by molar-refractivity contribution is -0.115. The molecule has 3 rings (SSSR count). The average molecular weight is 396 g/mol. The molecule has 0 atom stereocenters. The van der Waals surface area contributed by atoms with E-state index in [1.165, 1.54) is 0 Å². The predicted octanol–water partition coefficient (Wildman–Crippen LogP) is 5.48. The van der Waals surface area contributed by atoms with Crippen molar-refractivity contribution in [2.75, 3.05) is 19.2 Å². The molecule has 0 aromatic heterocycles. The van der Waals surface area contributed by atoms with Crippen LogP contribution in [-0.4, -0.2) is 19.8 Å². The zero-order chi connectivity index (χ0) is 19.9. The molecule has 1 amide bonds. The van der Waals surface area contributed by atoms with Crippen molar-refractivity contribution >= 4 is 23.2 Å². The average Bonchev–Trinajstić information content (AvgIpc) is 2.67. The van der Waals surface area contributed by atoms with Crippen LogP contribution >= 0.6 is 11.6 Å². The van der Waals surface area contributed by atoms with E-state index in [0.29, 0.717) is 5.02 Å². The molecule has 1 N–H and O–H groups in total. The van der Waals surface area contributed by atoms with Crippen LogP contribution in [0.5, 0.6) is 5.75 Å². The van der Waals surface area contributed by atoms with Crippen LogP contribution in [0.1, 0.15) is 11.1 Å². The van der Waals surface area contributed by atoms with Crippen molar-refractivity contribution in [3.63, 3.8) is 0 Å². The third-order valence-electron chi connectivity index (χ3n) is 4.27. The van der Waals surface area contributed by atoms with Gasteiger partial charge in [0.05, 0.1) is 6.42 Å². The summed E-state index contributed by atoms with van der Waals surface area (Å²) in [6.07, 6.45) is 0.282. The van der Waals surface area contributed by atoms with Gasteiger partial charge in [-0.15, -0.1) is 0 Å². The second-order valence-electron chi connectivity index (χ2n) is 6.46. The van der Waals surface area contributed by atoms with Crippen LogP contribution in [-0.2, 0) is 16.0 Å². The summed E-state index contributed by atoms with van der Waals surface area (Å²) < 4.78 is 10.4. The molecule has 0 unspecified atom stereocenters. The van der Waals surface area contributed by atoms with E-state index in [1.807, 2.05) is 61.5 Å². The highest BCUT2D eigenvalue weighted by Gasteiger charge is 2.07. The van der Waals surface area contributed by atoms with Crippen LogP contribution in [0.25, 0.3) is 11.1 Å². The van der Waals surface area contributed by atoms with Crippen molar-refractivity contribution in [2.45, 2.75) is 13.3 Å². The Hall–Kier alpha value is -2.82. The number of hydrogen-bond donors (Lipinski definition) is 1. The Kier molecular flexibility index (Phi) is 6.69. The maximum atomic E-state index is 12.2. The van der Waals surface area contributed by atoms with Crippen LogP contribution in [0.2, 0.25) is 5.02 Å². The molecule has 0 spiro atoms. The first-order valence-electron chi connectivity index (χ1n) is 8.92. The first-order valence-corrected chi connectivity index (χ1v) is 9.30. The first-order chi connectivity index (χ1) is 13.5. The molecule has 0 fully saturated rings. The number of benzene rings is 3. The lowest BCUT2D eigenvalue weighted by Gasteiger charge is -2.11. The minimum Gasteiger partial charge on any atom is -0.468 e. The number of nitrogens with one attached hydrogen (secondary N) is 1. The van der Waals surface area contributed by atoms with Crippen LogP contribution < -0.4 is 10.1 Å². The molecule has 3 aromatic carbocycles. The van der Waals surface area contributed by atoms with Gasteiger partial charge in [-0.2, -0.15) is 0 Å². The van der Waals surface area contributed by atoms with Gasteiger partial charge < -0.3 is 14.8 Å². The number of ether oxygens (including phenoxy) is 2. The van der Waals surface area contributed by atoms with Crippen molar-refractivity contribution < 1.29 is 14.3 Å². The summed E-state index contributed by atoms with van der Waals surface area (Å²) >= 11 is 5.97. The molecule has 0 bridgehead atoms. The maximum Gasteiger partial charge on any atom is 0.228 e. The lowest BCUT2D eigenvalue weighted by atomic mass is 10.00. The number of methoxy groups -OCH3 is 1. The SMILES string of the molecule is COCOc1ccc(-c2ccc(NC(=O)Cc3cccc(Cl)c3)cc2)c(C)c1. The Morgan fingerprint density at radius 1 is 1.04 bits per heavy atom. The number of aryl methyl sites for hydroxylation is 1. The number of carbonyl (C=O) groups excluding carboxylic acids is 1. The Bertz CT molecular complexity index is 954. The van der Waals surface area contributed by atoms with Gasteiger partial charge >= 0.3 is 0 Å². The second-order valence-corrected chi connectivity index (χ2v) is 6.90. The highest BCUT2D eigenvalue weighted by atomic mass is 35.5. The molecule has 144 valence electrons. The highest BCUT2D eigenvalue weighted by Crippen LogP contribution is 2.28. The topological polar surface area (TPSA) is 47.6 Å². The van der Waals surface area contributed by atoms with E-state index in [-0.39, 0.29) is 19.1 Å². The van der Waals surface area contributed by atoms with E-state index in [4.69, 9.17) is 21.1 Å². The van der Waals surface area contributed by atoms with Gasteiger partial charge in [-0.1, -0.05) is 41.9 Å². The van der Waals surface area contributed by atoms with E-state index < -0.39 is 0 Å². The van der Waals surface area contributed by atoms with Gasteiger partial charge in [0, 0.05) is 17.8 Å². The Labute approximate surface area is 170 Å². The molecule has 4 nitrogen and oxygen atoms in total. The van der Waals surface area contributed by atoms with Crippen LogP contribution in [0.4, 0.5) is 5.69 Å². The van der Waals surface area contributed by atoms with Gasteiger partial charge in [-0.3, -0.25) is 4.79 Å². The highest BCUT2D eigenvalue weighted by molar-refractivity contribution is 6.30. The van der Waals surface area contributed by atoms with Crippen LogP contribution in [0.3, 0.4) is 0 Å². The number of carbonyl (C=O) groups is 1. The molecule has 0 aliphatic heterocycles. The lowest BCUT2D eigenvalue weighted by Crippen LogP contribution is -2.14. The smallest absolute Gasteiger partial charge is 0.228 e. The van der Waals surface area contributed by atoms with E-state index >= 15 is 0 Å². The fourth-order valence-electron chi connectivity index (χ4n) is 2.95. The molecular weight excluding hydrogens is 374 g/mol. The normalized spacial score (nSPS) is 10.5. The number of halogens is 1. The standard InChI is InChI=1S/C23H22ClNO3/c1-16-12-21(28-15-27-2)10-11-22(16)18-6-8-20(9-7-18)25-23(26)14-17-4-3-5-19(24)13-17/h3-13H,14-15H2,1-2H3,(H,25,26). The summed E-state index contributed by atoms with van der Waals surface area (Å²) in [5, 5.41) is 3.55. The molecule has 0 radical (unpaired) electrons. The van der Waals surface area contributed by atoms with E-state index in [2.05, 4.69) is 5.32 Å². The monoisotopic (exact) mass is 395 g/mol. The molecule has 28 heavy (non-hydrogen) atoms. The Morgan fingerprint density at radius 3 is 2.50 bits per heavy atom. The summed E-state index contributed by atoms with van der Waals surface area (Å²) in [6, 6.07) is 21.0. The molecule has 0 heterocycles. The zero-order valence-electron chi connectivity index (χ0n) is 15.9. The Morgan fingerprint density at radius 2 is 1.82 bits per heavy atom. The summed E-state index contributed by atoms with van der Waals surface area (Å²) in [4.78, 5) is 12.2. The minimum atomic E-state index is -0.0779. The van der Waals surface area contributed by atoms with Gasteiger partial charge in [-0.25, -0.2) is 0 Å². The largest absolute Gasteiger partial charge is 0.468 e. The van der Waals surface area contributed by atoms with E-state index in [9.17, 15) is 4.79 Å². The number of hydrogen-bond acceptors (Lipinski definition) is 3. The molecular formula is C23H22ClNO3. The zero-order valence-corrected chi connectivity index (χ0v) is 16.6. The van der Waals surface area contributed by atoms with Crippen molar-refractivity contribution in [3.8, 4) is 16.9 Å². The fourth-order valence-corrected chi connectivity index (χ4v) is 3.16. The van der Waals surface area contributed by atoms with Crippen molar-refractivity contribution in [2.24, 2.45) is 0 Å². The van der Waals surface area contributed by atoms with E-state index in [0.717, 1.165) is 33.7 Å². The summed E-state index contributed by atoms with van der Waals surface area (Å²) in [7, 11) is 1.59. The molecule has 5 heteroatoms. The third-order valence-corrected chi connectivity index (χ3v) is 4.51. The van der Waals surface area contributed by atoms with Crippen molar-refractivity contribution in [3.05, 3.63) is 82.9 Å². The molecule has 0 saturated heterocycles. The maximum absolute atomic E-state index is 12.2. The Balaban J connectivity index is 1.65. The molecule has 0 aliphatic rings. The molecule has 0 aliphatic carbocycles. The summed E-state index contributed by atoms with van der Waals surface area (Å²) in [6.45, 7) is 2.26. The predicted molar refractivity (Wildman–Crippen MR) is 113 cm³/mol. The van der Waals surface area contributed by atoms with Crippen LogP contribution in [0, 0.1) is 6.92 Å². The summed E-state index contributed by atoms with van der Waals surface area (Å²) in [5.41, 5.74) is 4.93. The van der Waals surface area contributed by atoms with Crippen molar-refractivity contribution in [1.29, 1.82) is 0 Å². The molecule has 3 aromatic rings. The van der Waals surface area contributed by atoms with Crippen LogP contribution in [0.15, 0.2) is 66.7 Å². The van der Waals surface area contributed by atoms with Crippen molar-refractivity contribution in [1.82, 2.24) is 0 Å². The minimum absolute atomic E-state index is 0.0779. The second kappa shape index (κ2) is 9.40. The van der Waals surface area contributed by atoms with Gasteiger partial charge in [0.1, 0.15) is 5.75 Å². The quantitative estimate of drug-likeness (QED) is 0.539. The molecule has 0 saturated carbocycles.